The number of urea groups is 1. The molecule has 1 N–H and O–H groups in total. The minimum atomic E-state index is -0.444. The first-order valence-electron chi connectivity index (χ1n) is 8.59. The highest BCUT2D eigenvalue weighted by Gasteiger charge is 2.28. The van der Waals surface area contributed by atoms with E-state index in [9.17, 15) is 9.59 Å². The molecule has 2 aromatic rings. The molecule has 1 aliphatic rings. The molecule has 7 heteroatoms. The number of thiophene rings is 1. The highest BCUT2D eigenvalue weighted by molar-refractivity contribution is 7.12. The topological polar surface area (TPSA) is 58.6 Å². The van der Waals surface area contributed by atoms with Crippen LogP contribution in [-0.2, 0) is 4.74 Å². The van der Waals surface area contributed by atoms with Gasteiger partial charge in [-0.15, -0.1) is 11.3 Å². The molecule has 5 nitrogen and oxygen atoms in total. The van der Waals surface area contributed by atoms with Crippen LogP contribution in [0.3, 0.4) is 0 Å². The van der Waals surface area contributed by atoms with E-state index in [-0.39, 0.29) is 12.1 Å². The first-order valence-corrected chi connectivity index (χ1v) is 9.85. The second kappa shape index (κ2) is 8.56. The Bertz CT molecular complexity index is 775. The Hall–Kier alpha value is -2.05. The number of carbonyl (C=O) groups excluding carboxylic acids is 2. The Kier molecular flexibility index (Phi) is 6.16. The third kappa shape index (κ3) is 4.19. The quantitative estimate of drug-likeness (QED) is 0.717. The Morgan fingerprint density at radius 2 is 1.96 bits per heavy atom. The van der Waals surface area contributed by atoms with E-state index in [1.54, 1.807) is 11.4 Å². The molecule has 1 atom stereocenters. The first-order chi connectivity index (χ1) is 12.6. The van der Waals surface area contributed by atoms with Crippen LogP contribution < -0.4 is 5.32 Å². The predicted molar refractivity (Wildman–Crippen MR) is 104 cm³/mol. The van der Waals surface area contributed by atoms with Crippen LogP contribution in [0.15, 0.2) is 35.7 Å². The minimum Gasteiger partial charge on any atom is -0.465 e. The van der Waals surface area contributed by atoms with Crippen molar-refractivity contribution in [2.24, 2.45) is 0 Å². The monoisotopic (exact) mass is 392 g/mol. The zero-order valence-corrected chi connectivity index (χ0v) is 16.1. The van der Waals surface area contributed by atoms with Crippen LogP contribution in [-0.4, -0.2) is 30.6 Å². The van der Waals surface area contributed by atoms with Crippen molar-refractivity contribution < 1.29 is 14.3 Å². The predicted octanol–water partition coefficient (Wildman–Crippen LogP) is 5.34. The van der Waals surface area contributed by atoms with Gasteiger partial charge in [-0.3, -0.25) is 0 Å². The second-order valence-corrected chi connectivity index (χ2v) is 7.55. The number of benzene rings is 1. The van der Waals surface area contributed by atoms with Crippen LogP contribution in [0, 0.1) is 0 Å². The van der Waals surface area contributed by atoms with Crippen molar-refractivity contribution in [3.63, 3.8) is 0 Å². The number of methoxy groups -OCH3 is 1. The Labute approximate surface area is 161 Å². The highest BCUT2D eigenvalue weighted by atomic mass is 35.5. The lowest BCUT2D eigenvalue weighted by atomic mass is 10.0. The number of rotatable bonds is 3. The molecular formula is C19H21ClN2O3S. The molecule has 2 amide bonds. The van der Waals surface area contributed by atoms with Gasteiger partial charge in [-0.1, -0.05) is 36.6 Å². The van der Waals surface area contributed by atoms with Gasteiger partial charge >= 0.3 is 12.0 Å². The smallest absolute Gasteiger partial charge is 0.350 e. The summed E-state index contributed by atoms with van der Waals surface area (Å²) in [4.78, 5) is 27.1. The summed E-state index contributed by atoms with van der Waals surface area (Å²) in [5.41, 5.74) is 1.57. The SMILES string of the molecule is COC(=O)c1sccc1NC(=O)N1CCCCC[C@@H]1c1ccc(Cl)cc1. The van der Waals surface area contributed by atoms with Crippen LogP contribution in [0.2, 0.25) is 5.02 Å². The van der Waals surface area contributed by atoms with E-state index in [0.29, 0.717) is 22.1 Å². The van der Waals surface area contributed by atoms with Gasteiger partial charge in [0, 0.05) is 11.6 Å². The van der Waals surface area contributed by atoms with Gasteiger partial charge in [-0.05, 0) is 42.0 Å². The Morgan fingerprint density at radius 1 is 1.19 bits per heavy atom. The Morgan fingerprint density at radius 3 is 2.69 bits per heavy atom. The number of amides is 2. The summed E-state index contributed by atoms with van der Waals surface area (Å²) in [6, 6.07) is 9.18. The van der Waals surface area contributed by atoms with Gasteiger partial charge in [0.25, 0.3) is 0 Å². The van der Waals surface area contributed by atoms with E-state index in [0.717, 1.165) is 31.2 Å². The lowest BCUT2D eigenvalue weighted by molar-refractivity contribution is 0.0607. The van der Waals surface area contributed by atoms with E-state index in [4.69, 9.17) is 16.3 Å². The van der Waals surface area contributed by atoms with Crippen molar-refractivity contribution >= 4 is 40.6 Å². The fraction of sp³-hybridized carbons (Fsp3) is 0.368. The summed E-state index contributed by atoms with van der Waals surface area (Å²) in [7, 11) is 1.33. The molecular weight excluding hydrogens is 372 g/mol. The number of halogens is 1. The molecule has 1 aromatic carbocycles. The molecule has 138 valence electrons. The van der Waals surface area contributed by atoms with Crippen molar-refractivity contribution in [3.05, 3.63) is 51.2 Å². The van der Waals surface area contributed by atoms with Gasteiger partial charge < -0.3 is 15.0 Å². The number of anilines is 1. The lowest BCUT2D eigenvalue weighted by Gasteiger charge is -2.30. The van der Waals surface area contributed by atoms with Crippen molar-refractivity contribution in [2.45, 2.75) is 31.7 Å². The molecule has 26 heavy (non-hydrogen) atoms. The van der Waals surface area contributed by atoms with E-state index in [1.807, 2.05) is 29.2 Å². The molecule has 0 radical (unpaired) electrons. The largest absolute Gasteiger partial charge is 0.465 e. The number of nitrogens with zero attached hydrogens (tertiary/aromatic N) is 1. The molecule has 0 bridgehead atoms. The summed E-state index contributed by atoms with van der Waals surface area (Å²) in [6.07, 6.45) is 4.04. The van der Waals surface area contributed by atoms with Gasteiger partial charge in [0.15, 0.2) is 0 Å². The van der Waals surface area contributed by atoms with Crippen LogP contribution in [0.1, 0.15) is 47.0 Å². The van der Waals surface area contributed by atoms with Crippen LogP contribution >= 0.6 is 22.9 Å². The third-order valence-corrected chi connectivity index (χ3v) is 5.69. The molecule has 0 unspecified atom stereocenters. The van der Waals surface area contributed by atoms with Crippen molar-refractivity contribution in [3.8, 4) is 0 Å². The van der Waals surface area contributed by atoms with Crippen molar-refractivity contribution in [1.82, 2.24) is 4.90 Å². The van der Waals surface area contributed by atoms with Gasteiger partial charge in [-0.2, -0.15) is 0 Å². The van der Waals surface area contributed by atoms with E-state index >= 15 is 0 Å². The molecule has 1 aliphatic heterocycles. The number of likely N-dealkylation sites (tertiary alicyclic amines) is 1. The molecule has 1 fully saturated rings. The fourth-order valence-electron chi connectivity index (χ4n) is 3.23. The average Bonchev–Trinajstić information content (AvgIpc) is 2.96. The van der Waals surface area contributed by atoms with Crippen molar-refractivity contribution in [2.75, 3.05) is 19.0 Å². The summed E-state index contributed by atoms with van der Waals surface area (Å²) in [5.74, 6) is -0.444. The maximum Gasteiger partial charge on any atom is 0.350 e. The first kappa shape index (κ1) is 18.7. The lowest BCUT2D eigenvalue weighted by Crippen LogP contribution is -2.38. The summed E-state index contributed by atoms with van der Waals surface area (Å²) in [5, 5.41) is 5.33. The third-order valence-electron chi connectivity index (χ3n) is 4.55. The molecule has 2 heterocycles. The maximum atomic E-state index is 13.0. The summed E-state index contributed by atoms with van der Waals surface area (Å²) >= 11 is 7.25. The highest BCUT2D eigenvalue weighted by Crippen LogP contribution is 2.32. The number of carbonyl (C=O) groups is 2. The number of hydrogen-bond donors (Lipinski definition) is 1. The number of ether oxygens (including phenoxy) is 1. The normalized spacial score (nSPS) is 17.5. The van der Waals surface area contributed by atoms with E-state index < -0.39 is 5.97 Å². The number of nitrogens with one attached hydrogen (secondary N) is 1. The van der Waals surface area contributed by atoms with E-state index in [1.165, 1.54) is 18.4 Å². The van der Waals surface area contributed by atoms with Gasteiger partial charge in [0.1, 0.15) is 4.88 Å². The van der Waals surface area contributed by atoms with Gasteiger partial charge in [0.2, 0.25) is 0 Å². The number of hydrogen-bond acceptors (Lipinski definition) is 4. The molecule has 0 aliphatic carbocycles. The zero-order valence-electron chi connectivity index (χ0n) is 14.5. The zero-order chi connectivity index (χ0) is 18.5. The average molecular weight is 393 g/mol. The Balaban J connectivity index is 1.82. The summed E-state index contributed by atoms with van der Waals surface area (Å²) < 4.78 is 4.78. The maximum absolute atomic E-state index is 13.0. The van der Waals surface area contributed by atoms with Gasteiger partial charge in [-0.25, -0.2) is 9.59 Å². The van der Waals surface area contributed by atoms with Crippen LogP contribution in [0.25, 0.3) is 0 Å². The standard InChI is InChI=1S/C19H21ClN2O3S/c1-25-18(23)17-15(10-12-26-17)21-19(24)22-11-4-2-3-5-16(22)13-6-8-14(20)9-7-13/h6-10,12,16H,2-5,11H2,1H3,(H,21,24)/t16-/m1/s1. The number of esters is 1. The molecule has 3 rings (SSSR count). The molecule has 0 saturated carbocycles. The van der Waals surface area contributed by atoms with Crippen LogP contribution in [0.4, 0.5) is 10.5 Å². The summed E-state index contributed by atoms with van der Waals surface area (Å²) in [6.45, 7) is 0.677. The second-order valence-electron chi connectivity index (χ2n) is 6.20. The van der Waals surface area contributed by atoms with Crippen molar-refractivity contribution in [1.29, 1.82) is 0 Å². The minimum absolute atomic E-state index is 0.00465. The molecule has 1 saturated heterocycles. The van der Waals surface area contributed by atoms with Gasteiger partial charge in [0.05, 0.1) is 18.8 Å². The van der Waals surface area contributed by atoms with Crippen LogP contribution in [0.5, 0.6) is 0 Å². The molecule has 0 spiro atoms. The molecule has 1 aromatic heterocycles. The van der Waals surface area contributed by atoms with E-state index in [2.05, 4.69) is 5.32 Å². The fourth-order valence-corrected chi connectivity index (χ4v) is 4.12.